The number of methoxy groups -OCH3 is 2. The first-order valence-electron chi connectivity index (χ1n) is 6.28. The van der Waals surface area contributed by atoms with E-state index in [0.29, 0.717) is 17.6 Å². The Hall–Kier alpha value is -1.78. The summed E-state index contributed by atoms with van der Waals surface area (Å²) in [7, 11) is 3.26. The Balaban J connectivity index is 2.26. The minimum absolute atomic E-state index is 0.538. The molecule has 5 heteroatoms. The number of imidazole rings is 1. The molecule has 1 atom stereocenters. The van der Waals surface area contributed by atoms with Crippen LogP contribution in [0.4, 0.5) is 0 Å². The Bertz CT molecular complexity index is 591. The van der Waals surface area contributed by atoms with Crippen LogP contribution in [0.3, 0.4) is 0 Å². The zero-order valence-corrected chi connectivity index (χ0v) is 10.9. The summed E-state index contributed by atoms with van der Waals surface area (Å²) >= 11 is 0. The molecule has 0 radical (unpaired) electrons. The lowest BCUT2D eigenvalue weighted by Gasteiger charge is -2.07. The lowest BCUT2D eigenvalue weighted by Crippen LogP contribution is -2.01. The molecule has 0 saturated heterocycles. The Kier molecular flexibility index (Phi) is 2.61. The lowest BCUT2D eigenvalue weighted by atomic mass is 10.1. The zero-order valence-electron chi connectivity index (χ0n) is 10.9. The van der Waals surface area contributed by atoms with Gasteiger partial charge in [0.05, 0.1) is 31.7 Å². The van der Waals surface area contributed by atoms with Crippen LogP contribution in [0.2, 0.25) is 0 Å². The smallest absolute Gasteiger partial charge is 0.240 e. The molecule has 1 unspecified atom stereocenters. The number of aryl methyl sites for hydroxylation is 1. The molecular weight excluding hydrogens is 230 g/mol. The third-order valence-electron chi connectivity index (χ3n) is 3.69. The molecule has 0 saturated carbocycles. The Labute approximate surface area is 106 Å². The van der Waals surface area contributed by atoms with Gasteiger partial charge in [0.1, 0.15) is 0 Å². The van der Waals surface area contributed by atoms with Gasteiger partial charge in [-0.1, -0.05) is 6.92 Å². The topological polar surface area (TPSA) is 48.7 Å². The van der Waals surface area contributed by atoms with Gasteiger partial charge >= 0.3 is 0 Å². The van der Waals surface area contributed by atoms with Crippen molar-refractivity contribution < 1.29 is 9.47 Å². The number of rotatable bonds is 3. The second-order valence-electron chi connectivity index (χ2n) is 4.56. The number of hydrogen-bond donors (Lipinski definition) is 0. The van der Waals surface area contributed by atoms with E-state index >= 15 is 0 Å². The lowest BCUT2D eigenvalue weighted by molar-refractivity contribution is 0.368. The predicted molar refractivity (Wildman–Crippen MR) is 67.4 cm³/mol. The molecule has 0 fully saturated rings. The van der Waals surface area contributed by atoms with Gasteiger partial charge in [0.25, 0.3) is 0 Å². The molecular formula is C13H17N3O2. The molecule has 5 nitrogen and oxygen atoms in total. The number of nitrogens with zero attached hydrogens (tertiary/aromatic N) is 3. The van der Waals surface area contributed by atoms with Crippen LogP contribution >= 0.6 is 0 Å². The van der Waals surface area contributed by atoms with Gasteiger partial charge in [-0.05, 0) is 19.3 Å². The molecule has 2 aromatic heterocycles. The molecule has 96 valence electrons. The summed E-state index contributed by atoms with van der Waals surface area (Å²) in [6.45, 7) is 2.20. The Morgan fingerprint density at radius 1 is 1.33 bits per heavy atom. The van der Waals surface area contributed by atoms with E-state index in [0.717, 1.165) is 18.7 Å². The van der Waals surface area contributed by atoms with Crippen LogP contribution < -0.4 is 9.47 Å². The molecule has 0 N–H and O–H groups in total. The molecule has 0 amide bonds. The average molecular weight is 247 g/mol. The van der Waals surface area contributed by atoms with E-state index in [1.165, 1.54) is 17.8 Å². The van der Waals surface area contributed by atoms with Crippen LogP contribution in [-0.2, 0) is 6.42 Å². The number of ether oxygens (including phenoxy) is 2. The zero-order chi connectivity index (χ0) is 12.7. The van der Waals surface area contributed by atoms with Crippen LogP contribution in [-0.4, -0.2) is 28.6 Å². The number of fused-ring (bicyclic) bond motifs is 3. The van der Waals surface area contributed by atoms with Crippen LogP contribution in [0.15, 0.2) is 6.07 Å². The predicted octanol–water partition coefficient (Wildman–Crippen LogP) is 2.19. The fourth-order valence-electron chi connectivity index (χ4n) is 2.73. The second kappa shape index (κ2) is 4.15. The highest BCUT2D eigenvalue weighted by atomic mass is 16.5. The molecule has 1 aliphatic rings. The Morgan fingerprint density at radius 3 is 2.83 bits per heavy atom. The van der Waals surface area contributed by atoms with Gasteiger partial charge in [-0.15, -0.1) is 0 Å². The van der Waals surface area contributed by atoms with E-state index in [2.05, 4.69) is 16.9 Å². The van der Waals surface area contributed by atoms with Crippen molar-refractivity contribution in [3.8, 4) is 11.8 Å². The van der Waals surface area contributed by atoms with Gasteiger partial charge in [-0.25, -0.2) is 4.98 Å². The van der Waals surface area contributed by atoms with E-state index < -0.39 is 0 Å². The first-order chi connectivity index (χ1) is 8.78. The van der Waals surface area contributed by atoms with E-state index in [1.807, 2.05) is 4.40 Å². The molecule has 2 heterocycles. The van der Waals surface area contributed by atoms with Gasteiger partial charge in [-0.2, -0.15) is 4.98 Å². The maximum absolute atomic E-state index is 5.43. The van der Waals surface area contributed by atoms with Crippen molar-refractivity contribution >= 4 is 5.78 Å². The van der Waals surface area contributed by atoms with Crippen molar-refractivity contribution in [2.45, 2.75) is 32.1 Å². The van der Waals surface area contributed by atoms with Crippen molar-refractivity contribution in [2.75, 3.05) is 14.2 Å². The molecule has 0 aromatic carbocycles. The van der Waals surface area contributed by atoms with Gasteiger partial charge in [0.15, 0.2) is 0 Å². The summed E-state index contributed by atoms with van der Waals surface area (Å²) in [5.41, 5.74) is 2.42. The fourth-order valence-corrected chi connectivity index (χ4v) is 2.73. The monoisotopic (exact) mass is 247 g/mol. The summed E-state index contributed by atoms with van der Waals surface area (Å²) in [5, 5.41) is 0. The van der Waals surface area contributed by atoms with Crippen LogP contribution in [0.5, 0.6) is 11.8 Å². The highest BCUT2D eigenvalue weighted by Crippen LogP contribution is 2.37. The van der Waals surface area contributed by atoms with Crippen molar-refractivity contribution in [2.24, 2.45) is 0 Å². The molecule has 0 spiro atoms. The molecule has 0 bridgehead atoms. The quantitative estimate of drug-likeness (QED) is 0.834. The summed E-state index contributed by atoms with van der Waals surface area (Å²) in [6.07, 6.45) is 3.34. The number of hydrogen-bond acceptors (Lipinski definition) is 4. The van der Waals surface area contributed by atoms with Crippen molar-refractivity contribution in [3.63, 3.8) is 0 Å². The van der Waals surface area contributed by atoms with Crippen LogP contribution in [0.25, 0.3) is 5.78 Å². The second-order valence-corrected chi connectivity index (χ2v) is 4.56. The minimum atomic E-state index is 0.538. The van der Waals surface area contributed by atoms with E-state index in [1.54, 1.807) is 20.3 Å². The van der Waals surface area contributed by atoms with Gasteiger partial charge in [-0.3, -0.25) is 4.40 Å². The third-order valence-corrected chi connectivity index (χ3v) is 3.69. The minimum Gasteiger partial charge on any atom is -0.482 e. The molecule has 1 aliphatic carbocycles. The maximum atomic E-state index is 5.43. The van der Waals surface area contributed by atoms with E-state index in [4.69, 9.17) is 9.47 Å². The molecule has 0 aliphatic heterocycles. The summed E-state index contributed by atoms with van der Waals surface area (Å²) < 4.78 is 12.6. The third kappa shape index (κ3) is 1.46. The van der Waals surface area contributed by atoms with Gasteiger partial charge in [0, 0.05) is 5.92 Å². The average Bonchev–Trinajstić information content (AvgIpc) is 2.95. The maximum Gasteiger partial charge on any atom is 0.240 e. The normalized spacial score (nSPS) is 18.1. The standard InChI is InChI=1S/C13H17N3O2/c1-4-8-5-6-9-12(8)15-13-14-10(17-2)7-11(18-3)16(9)13/h7-8H,4-6H2,1-3H3. The van der Waals surface area contributed by atoms with Crippen molar-refractivity contribution in [1.82, 2.24) is 14.4 Å². The highest BCUT2D eigenvalue weighted by Gasteiger charge is 2.28. The fraction of sp³-hybridized carbons (Fsp3) is 0.538. The first-order valence-corrected chi connectivity index (χ1v) is 6.28. The van der Waals surface area contributed by atoms with E-state index in [9.17, 15) is 0 Å². The van der Waals surface area contributed by atoms with Gasteiger partial charge < -0.3 is 9.47 Å². The largest absolute Gasteiger partial charge is 0.482 e. The summed E-state index contributed by atoms with van der Waals surface area (Å²) in [6, 6.07) is 1.80. The highest BCUT2D eigenvalue weighted by molar-refractivity contribution is 5.46. The van der Waals surface area contributed by atoms with Crippen LogP contribution in [0.1, 0.15) is 37.1 Å². The molecule has 2 aromatic rings. The summed E-state index contributed by atoms with van der Waals surface area (Å²) in [5.74, 6) is 2.50. The van der Waals surface area contributed by atoms with Crippen LogP contribution in [0, 0.1) is 0 Å². The Morgan fingerprint density at radius 2 is 2.17 bits per heavy atom. The van der Waals surface area contributed by atoms with E-state index in [-0.39, 0.29) is 0 Å². The molecule has 18 heavy (non-hydrogen) atoms. The summed E-state index contributed by atoms with van der Waals surface area (Å²) in [4.78, 5) is 9.04. The van der Waals surface area contributed by atoms with Crippen molar-refractivity contribution in [3.05, 3.63) is 17.5 Å². The first kappa shape index (κ1) is 11.3. The SMILES string of the molecule is CCC1CCc2c1nc1nc(OC)cc(OC)n21. The molecule has 3 rings (SSSR count). The number of aromatic nitrogens is 3. The van der Waals surface area contributed by atoms with Crippen molar-refractivity contribution in [1.29, 1.82) is 0 Å². The van der Waals surface area contributed by atoms with Gasteiger partial charge in [0.2, 0.25) is 17.5 Å².